The van der Waals surface area contributed by atoms with E-state index in [9.17, 15) is 0 Å². The minimum atomic E-state index is 0.578. The van der Waals surface area contributed by atoms with Crippen molar-refractivity contribution in [2.45, 2.75) is 38.6 Å². The molecular weight excluding hydrogens is 222 g/mol. The smallest absolute Gasteiger partial charge is 0.203 e. The first-order valence-corrected chi connectivity index (χ1v) is 6.93. The molecule has 18 heavy (non-hydrogen) atoms. The molecule has 0 bridgehead atoms. The summed E-state index contributed by atoms with van der Waals surface area (Å²) in [5, 5.41) is 3.64. The third kappa shape index (κ3) is 1.98. The molecule has 1 aromatic carbocycles. The molecule has 1 N–H and O–H groups in total. The van der Waals surface area contributed by atoms with Crippen molar-refractivity contribution >= 4 is 17.0 Å². The molecule has 0 amide bonds. The van der Waals surface area contributed by atoms with E-state index in [0.29, 0.717) is 6.04 Å². The standard InChI is InChI=1S/C15H21N3/c1-11-7-3-4-8-12(11)16-15-17-13-9-5-6-10-14(13)18(15)2/h5-6,9-12H,3-4,7-8H2,1-2H3,(H,16,17). The zero-order valence-corrected chi connectivity index (χ0v) is 11.2. The van der Waals surface area contributed by atoms with E-state index in [-0.39, 0.29) is 0 Å². The normalized spacial score (nSPS) is 24.3. The van der Waals surface area contributed by atoms with Gasteiger partial charge in [0.05, 0.1) is 11.0 Å². The van der Waals surface area contributed by atoms with Gasteiger partial charge in [0.2, 0.25) is 5.95 Å². The van der Waals surface area contributed by atoms with Crippen LogP contribution in [0, 0.1) is 5.92 Å². The number of aryl methyl sites for hydroxylation is 1. The van der Waals surface area contributed by atoms with Gasteiger partial charge < -0.3 is 9.88 Å². The number of nitrogens with zero attached hydrogens (tertiary/aromatic N) is 2. The van der Waals surface area contributed by atoms with Gasteiger partial charge in [-0.3, -0.25) is 0 Å². The summed E-state index contributed by atoms with van der Waals surface area (Å²) in [6.45, 7) is 2.35. The number of benzene rings is 1. The number of aromatic nitrogens is 2. The van der Waals surface area contributed by atoms with E-state index in [1.165, 1.54) is 31.2 Å². The zero-order valence-electron chi connectivity index (χ0n) is 11.2. The Morgan fingerprint density at radius 3 is 2.78 bits per heavy atom. The quantitative estimate of drug-likeness (QED) is 0.874. The fraction of sp³-hybridized carbons (Fsp3) is 0.533. The van der Waals surface area contributed by atoms with Crippen molar-refractivity contribution in [2.75, 3.05) is 5.32 Å². The minimum absolute atomic E-state index is 0.578. The van der Waals surface area contributed by atoms with Crippen LogP contribution in [0.1, 0.15) is 32.6 Å². The molecule has 3 nitrogen and oxygen atoms in total. The van der Waals surface area contributed by atoms with E-state index < -0.39 is 0 Å². The van der Waals surface area contributed by atoms with Gasteiger partial charge in [0.25, 0.3) is 0 Å². The first kappa shape index (κ1) is 11.6. The molecule has 1 aliphatic rings. The molecule has 3 heteroatoms. The highest BCUT2D eigenvalue weighted by molar-refractivity contribution is 5.78. The molecular formula is C15H21N3. The molecule has 1 aromatic heterocycles. The maximum atomic E-state index is 4.69. The average molecular weight is 243 g/mol. The lowest BCUT2D eigenvalue weighted by atomic mass is 9.86. The number of hydrogen-bond acceptors (Lipinski definition) is 2. The van der Waals surface area contributed by atoms with E-state index in [4.69, 9.17) is 4.98 Å². The van der Waals surface area contributed by atoms with Gasteiger partial charge in [0.1, 0.15) is 0 Å². The van der Waals surface area contributed by atoms with Crippen LogP contribution in [0.5, 0.6) is 0 Å². The summed E-state index contributed by atoms with van der Waals surface area (Å²) < 4.78 is 2.16. The topological polar surface area (TPSA) is 29.9 Å². The summed E-state index contributed by atoms with van der Waals surface area (Å²) in [6.07, 6.45) is 5.32. The molecule has 0 saturated heterocycles. The van der Waals surface area contributed by atoms with E-state index in [0.717, 1.165) is 17.4 Å². The highest BCUT2D eigenvalue weighted by Gasteiger charge is 2.22. The Bertz CT molecular complexity index is 544. The molecule has 1 aliphatic carbocycles. The number of imidazole rings is 1. The second-order valence-electron chi connectivity index (χ2n) is 5.50. The number of fused-ring (bicyclic) bond motifs is 1. The van der Waals surface area contributed by atoms with Gasteiger partial charge in [-0.2, -0.15) is 0 Å². The van der Waals surface area contributed by atoms with Crippen molar-refractivity contribution in [3.63, 3.8) is 0 Å². The average Bonchev–Trinajstić information content (AvgIpc) is 2.70. The number of anilines is 1. The van der Waals surface area contributed by atoms with Crippen molar-refractivity contribution in [3.8, 4) is 0 Å². The fourth-order valence-corrected chi connectivity index (χ4v) is 2.97. The molecule has 0 spiro atoms. The van der Waals surface area contributed by atoms with Crippen molar-refractivity contribution in [1.29, 1.82) is 0 Å². The van der Waals surface area contributed by atoms with Gasteiger partial charge in [0, 0.05) is 13.1 Å². The van der Waals surface area contributed by atoms with Crippen LogP contribution in [0.2, 0.25) is 0 Å². The lowest BCUT2D eigenvalue weighted by Crippen LogP contribution is -2.31. The number of hydrogen-bond donors (Lipinski definition) is 1. The lowest BCUT2D eigenvalue weighted by molar-refractivity contribution is 0.348. The Kier molecular flexibility index (Phi) is 2.98. The molecule has 1 heterocycles. The molecule has 3 rings (SSSR count). The predicted molar refractivity (Wildman–Crippen MR) is 75.8 cm³/mol. The first-order valence-electron chi connectivity index (χ1n) is 6.93. The second-order valence-corrected chi connectivity index (χ2v) is 5.50. The Hall–Kier alpha value is -1.51. The Morgan fingerprint density at radius 2 is 2.00 bits per heavy atom. The summed E-state index contributed by atoms with van der Waals surface area (Å²) in [5.74, 6) is 1.76. The van der Waals surface area contributed by atoms with Gasteiger partial charge in [-0.25, -0.2) is 4.98 Å². The maximum absolute atomic E-state index is 4.69. The highest BCUT2D eigenvalue weighted by Crippen LogP contribution is 2.27. The van der Waals surface area contributed by atoms with Crippen molar-refractivity contribution in [2.24, 2.45) is 13.0 Å². The predicted octanol–water partition coefficient (Wildman–Crippen LogP) is 3.56. The van der Waals surface area contributed by atoms with Gasteiger partial charge >= 0.3 is 0 Å². The van der Waals surface area contributed by atoms with E-state index in [2.05, 4.69) is 42.1 Å². The van der Waals surface area contributed by atoms with Crippen LogP contribution in [-0.2, 0) is 7.05 Å². The summed E-state index contributed by atoms with van der Waals surface area (Å²) in [4.78, 5) is 4.69. The molecule has 96 valence electrons. The molecule has 2 atom stereocenters. The van der Waals surface area contributed by atoms with Crippen molar-refractivity contribution in [1.82, 2.24) is 9.55 Å². The largest absolute Gasteiger partial charge is 0.353 e. The second kappa shape index (κ2) is 4.63. The van der Waals surface area contributed by atoms with E-state index >= 15 is 0 Å². The highest BCUT2D eigenvalue weighted by atomic mass is 15.2. The van der Waals surface area contributed by atoms with Gasteiger partial charge in [-0.1, -0.05) is 31.9 Å². The van der Waals surface area contributed by atoms with Crippen LogP contribution in [0.15, 0.2) is 24.3 Å². The third-order valence-electron chi connectivity index (χ3n) is 4.21. The Labute approximate surface area is 108 Å². The van der Waals surface area contributed by atoms with Gasteiger partial charge in [0.15, 0.2) is 0 Å². The molecule has 1 fully saturated rings. The Balaban J connectivity index is 1.88. The molecule has 2 aromatic rings. The van der Waals surface area contributed by atoms with Crippen LogP contribution < -0.4 is 5.32 Å². The van der Waals surface area contributed by atoms with Crippen LogP contribution in [0.25, 0.3) is 11.0 Å². The summed E-state index contributed by atoms with van der Waals surface area (Å²) >= 11 is 0. The lowest BCUT2D eigenvalue weighted by Gasteiger charge is -2.29. The van der Waals surface area contributed by atoms with Crippen molar-refractivity contribution < 1.29 is 0 Å². The Morgan fingerprint density at radius 1 is 1.22 bits per heavy atom. The SMILES string of the molecule is CC1CCCCC1Nc1nc2ccccc2n1C. The fourth-order valence-electron chi connectivity index (χ4n) is 2.97. The maximum Gasteiger partial charge on any atom is 0.203 e. The van der Waals surface area contributed by atoms with Gasteiger partial charge in [-0.15, -0.1) is 0 Å². The number of nitrogens with one attached hydrogen (secondary N) is 1. The first-order chi connectivity index (χ1) is 8.75. The third-order valence-corrected chi connectivity index (χ3v) is 4.21. The van der Waals surface area contributed by atoms with Crippen molar-refractivity contribution in [3.05, 3.63) is 24.3 Å². The van der Waals surface area contributed by atoms with Crippen LogP contribution in [0.3, 0.4) is 0 Å². The van der Waals surface area contributed by atoms with E-state index in [1.54, 1.807) is 0 Å². The van der Waals surface area contributed by atoms with E-state index in [1.807, 2.05) is 6.07 Å². The number of rotatable bonds is 2. The molecule has 0 aliphatic heterocycles. The van der Waals surface area contributed by atoms with Crippen LogP contribution in [0.4, 0.5) is 5.95 Å². The van der Waals surface area contributed by atoms with Gasteiger partial charge in [-0.05, 0) is 30.9 Å². The monoisotopic (exact) mass is 243 g/mol. The summed E-state index contributed by atoms with van der Waals surface area (Å²) in [5.41, 5.74) is 2.27. The molecule has 1 saturated carbocycles. The van der Waals surface area contributed by atoms with Crippen LogP contribution >= 0.6 is 0 Å². The van der Waals surface area contributed by atoms with Crippen LogP contribution in [-0.4, -0.2) is 15.6 Å². The summed E-state index contributed by atoms with van der Waals surface area (Å²) in [6, 6.07) is 8.89. The summed E-state index contributed by atoms with van der Waals surface area (Å²) in [7, 11) is 2.09. The minimum Gasteiger partial charge on any atom is -0.353 e. The molecule has 0 radical (unpaired) electrons. The molecule has 2 unspecified atom stereocenters. The zero-order chi connectivity index (χ0) is 12.5. The number of para-hydroxylation sites is 2.